The molecule has 2 amide bonds. The van der Waals surface area contributed by atoms with Crippen LogP contribution in [0.25, 0.3) is 0 Å². The second-order valence-corrected chi connectivity index (χ2v) is 13.0. The van der Waals surface area contributed by atoms with Crippen LogP contribution in [0.4, 0.5) is 5.69 Å². The van der Waals surface area contributed by atoms with Crippen LogP contribution in [0.15, 0.2) is 42.5 Å². The zero-order chi connectivity index (χ0) is 28.0. The molecule has 1 atom stereocenters. The van der Waals surface area contributed by atoms with Crippen molar-refractivity contribution in [3.05, 3.63) is 63.1 Å². The molecule has 0 aromatic heterocycles. The summed E-state index contributed by atoms with van der Waals surface area (Å²) >= 11 is 18.7. The fourth-order valence-electron chi connectivity index (χ4n) is 3.84. The van der Waals surface area contributed by atoms with Gasteiger partial charge in [0, 0.05) is 35.1 Å². The minimum atomic E-state index is -3.70. The van der Waals surface area contributed by atoms with Gasteiger partial charge in [-0.05, 0) is 63.4 Å². The number of anilines is 1. The van der Waals surface area contributed by atoms with Crippen LogP contribution in [0.5, 0.6) is 0 Å². The Kier molecular flexibility index (Phi) is 11.1. The molecule has 0 unspecified atom stereocenters. The van der Waals surface area contributed by atoms with Crippen LogP contribution >= 0.6 is 34.8 Å². The van der Waals surface area contributed by atoms with Crippen molar-refractivity contribution >= 4 is 62.3 Å². The van der Waals surface area contributed by atoms with Crippen LogP contribution in [-0.4, -0.2) is 49.5 Å². The van der Waals surface area contributed by atoms with Crippen LogP contribution in [0.3, 0.4) is 0 Å². The number of halogens is 3. The molecule has 0 aliphatic rings. The summed E-state index contributed by atoms with van der Waals surface area (Å²) in [7, 11) is -3.70. The minimum absolute atomic E-state index is 0.00789. The van der Waals surface area contributed by atoms with Gasteiger partial charge in [0.15, 0.2) is 0 Å². The molecule has 0 fully saturated rings. The highest BCUT2D eigenvalue weighted by molar-refractivity contribution is 7.92. The topological polar surface area (TPSA) is 86.8 Å². The number of nitrogens with zero attached hydrogens (tertiary/aromatic N) is 2. The standard InChI is InChI=1S/C26H34Cl3N3O4S/c1-6-22(25(34)30-26(2,3)4)31(17-18-10-7-8-11-20(18)28)24(33)12-9-15-32(37(5,35)36)23-16-19(27)13-14-21(23)29/h7-8,10-11,13-14,16,22H,6,9,12,15,17H2,1-5H3,(H,30,34)/t22-/m0/s1. The molecule has 0 heterocycles. The van der Waals surface area contributed by atoms with E-state index in [0.29, 0.717) is 22.0 Å². The number of benzene rings is 2. The molecule has 0 aliphatic carbocycles. The van der Waals surface area contributed by atoms with Crippen molar-refractivity contribution in [3.63, 3.8) is 0 Å². The molecule has 0 saturated carbocycles. The molecule has 2 rings (SSSR count). The molecule has 11 heteroatoms. The highest BCUT2D eigenvalue weighted by Gasteiger charge is 2.31. The Morgan fingerprint density at radius 2 is 1.68 bits per heavy atom. The second kappa shape index (κ2) is 13.2. The van der Waals surface area contributed by atoms with Gasteiger partial charge in [-0.3, -0.25) is 13.9 Å². The van der Waals surface area contributed by atoms with Gasteiger partial charge in [0.25, 0.3) is 0 Å². The molecule has 37 heavy (non-hydrogen) atoms. The zero-order valence-electron chi connectivity index (χ0n) is 21.7. The summed E-state index contributed by atoms with van der Waals surface area (Å²) in [5, 5.41) is 4.01. The summed E-state index contributed by atoms with van der Waals surface area (Å²) in [6.07, 6.45) is 1.67. The molecule has 7 nitrogen and oxygen atoms in total. The van der Waals surface area contributed by atoms with Gasteiger partial charge in [0.1, 0.15) is 6.04 Å². The van der Waals surface area contributed by atoms with Gasteiger partial charge in [-0.15, -0.1) is 0 Å². The van der Waals surface area contributed by atoms with Crippen LogP contribution in [0.2, 0.25) is 15.1 Å². The Hall–Kier alpha value is -2.00. The van der Waals surface area contributed by atoms with Crippen molar-refractivity contribution in [3.8, 4) is 0 Å². The van der Waals surface area contributed by atoms with E-state index in [2.05, 4.69) is 5.32 Å². The number of sulfonamides is 1. The molecule has 2 aromatic carbocycles. The lowest BCUT2D eigenvalue weighted by molar-refractivity contribution is -0.142. The number of carbonyl (C=O) groups excluding carboxylic acids is 2. The van der Waals surface area contributed by atoms with E-state index in [0.717, 1.165) is 10.6 Å². The van der Waals surface area contributed by atoms with Crippen molar-refractivity contribution in [1.29, 1.82) is 0 Å². The summed E-state index contributed by atoms with van der Waals surface area (Å²) < 4.78 is 26.2. The summed E-state index contributed by atoms with van der Waals surface area (Å²) in [4.78, 5) is 28.1. The lowest BCUT2D eigenvalue weighted by atomic mass is 10.0. The van der Waals surface area contributed by atoms with Gasteiger partial charge < -0.3 is 10.2 Å². The van der Waals surface area contributed by atoms with E-state index in [4.69, 9.17) is 34.8 Å². The van der Waals surface area contributed by atoms with Gasteiger partial charge in [-0.1, -0.05) is 59.9 Å². The van der Waals surface area contributed by atoms with E-state index in [1.807, 2.05) is 39.8 Å². The highest BCUT2D eigenvalue weighted by Crippen LogP contribution is 2.31. The van der Waals surface area contributed by atoms with Crippen molar-refractivity contribution < 1.29 is 18.0 Å². The van der Waals surface area contributed by atoms with Crippen LogP contribution in [-0.2, 0) is 26.2 Å². The molecule has 0 bridgehead atoms. The van der Waals surface area contributed by atoms with E-state index >= 15 is 0 Å². The maximum atomic E-state index is 13.5. The molecule has 2 aromatic rings. The number of hydrogen-bond donors (Lipinski definition) is 1. The number of carbonyl (C=O) groups is 2. The maximum Gasteiger partial charge on any atom is 0.243 e. The van der Waals surface area contributed by atoms with E-state index in [1.165, 1.54) is 17.0 Å². The third-order valence-corrected chi connectivity index (χ3v) is 7.62. The van der Waals surface area contributed by atoms with E-state index in [9.17, 15) is 18.0 Å². The molecule has 0 spiro atoms. The molecule has 0 aliphatic heterocycles. The summed E-state index contributed by atoms with van der Waals surface area (Å²) in [6, 6.07) is 11.0. The molecular formula is C26H34Cl3N3O4S. The van der Waals surface area contributed by atoms with E-state index < -0.39 is 21.6 Å². The summed E-state index contributed by atoms with van der Waals surface area (Å²) in [5.41, 5.74) is 0.478. The Balaban J connectivity index is 2.29. The first-order chi connectivity index (χ1) is 17.1. The number of amides is 2. The predicted octanol–water partition coefficient (Wildman–Crippen LogP) is 5.92. The maximum absolute atomic E-state index is 13.5. The van der Waals surface area contributed by atoms with Crippen LogP contribution in [0, 0.1) is 0 Å². The largest absolute Gasteiger partial charge is 0.350 e. The SMILES string of the molecule is CC[C@@H](C(=O)NC(C)(C)C)N(Cc1ccccc1Cl)C(=O)CCCN(c1cc(Cl)ccc1Cl)S(C)(=O)=O. The van der Waals surface area contributed by atoms with Gasteiger partial charge in [-0.25, -0.2) is 8.42 Å². The number of nitrogens with one attached hydrogen (secondary N) is 1. The van der Waals surface area contributed by atoms with Crippen molar-refractivity contribution in [2.24, 2.45) is 0 Å². The Morgan fingerprint density at radius 3 is 2.24 bits per heavy atom. The summed E-state index contributed by atoms with van der Waals surface area (Å²) in [5.74, 6) is -0.555. The van der Waals surface area contributed by atoms with Crippen molar-refractivity contribution in [2.45, 2.75) is 65.1 Å². The second-order valence-electron chi connectivity index (χ2n) is 9.81. The number of rotatable bonds is 11. The quantitative estimate of drug-likeness (QED) is 0.352. The predicted molar refractivity (Wildman–Crippen MR) is 152 cm³/mol. The van der Waals surface area contributed by atoms with E-state index in [1.54, 1.807) is 18.2 Å². The van der Waals surface area contributed by atoms with E-state index in [-0.39, 0.29) is 48.5 Å². The average Bonchev–Trinajstić information content (AvgIpc) is 2.77. The lowest BCUT2D eigenvalue weighted by Gasteiger charge is -2.33. The molecule has 1 N–H and O–H groups in total. The Bertz CT molecular complexity index is 1220. The molecule has 0 radical (unpaired) electrons. The van der Waals surface area contributed by atoms with Crippen molar-refractivity contribution in [2.75, 3.05) is 17.1 Å². The normalized spacial score (nSPS) is 12.6. The molecule has 0 saturated heterocycles. The van der Waals surface area contributed by atoms with Crippen molar-refractivity contribution in [1.82, 2.24) is 10.2 Å². The molecule has 204 valence electrons. The third kappa shape index (κ3) is 9.36. The van der Waals surface area contributed by atoms with Crippen LogP contribution < -0.4 is 9.62 Å². The Morgan fingerprint density at radius 1 is 1.03 bits per heavy atom. The summed E-state index contributed by atoms with van der Waals surface area (Å²) in [6.45, 7) is 7.61. The molecular weight excluding hydrogens is 557 g/mol. The zero-order valence-corrected chi connectivity index (χ0v) is 24.8. The fraction of sp³-hybridized carbons (Fsp3) is 0.462. The van der Waals surface area contributed by atoms with Gasteiger partial charge in [-0.2, -0.15) is 0 Å². The first-order valence-corrected chi connectivity index (χ1v) is 14.9. The fourth-order valence-corrected chi connectivity index (χ4v) is 5.44. The number of hydrogen-bond acceptors (Lipinski definition) is 4. The monoisotopic (exact) mass is 589 g/mol. The first kappa shape index (κ1) is 31.2. The van der Waals surface area contributed by atoms with Gasteiger partial charge in [0.05, 0.1) is 17.0 Å². The smallest absolute Gasteiger partial charge is 0.243 e. The van der Waals surface area contributed by atoms with Gasteiger partial charge >= 0.3 is 0 Å². The lowest BCUT2D eigenvalue weighted by Crippen LogP contribution is -2.53. The van der Waals surface area contributed by atoms with Gasteiger partial charge in [0.2, 0.25) is 21.8 Å². The third-order valence-electron chi connectivity index (χ3n) is 5.51. The highest BCUT2D eigenvalue weighted by atomic mass is 35.5. The minimum Gasteiger partial charge on any atom is -0.350 e. The van der Waals surface area contributed by atoms with Crippen LogP contribution in [0.1, 0.15) is 52.5 Å². The average molecular weight is 591 g/mol. The Labute approximate surface area is 235 Å². The first-order valence-electron chi connectivity index (χ1n) is 11.9.